The number of pyridine rings is 1. The summed E-state index contributed by atoms with van der Waals surface area (Å²) in [5.41, 5.74) is 5.64. The second-order valence-corrected chi connectivity index (χ2v) is 8.85. The normalized spacial score (nSPS) is 17.5. The molecule has 0 unspecified atom stereocenters. The monoisotopic (exact) mass is 423 g/mol. The van der Waals surface area contributed by atoms with Gasteiger partial charge in [-0.2, -0.15) is 19.9 Å². The molecule has 2 aliphatic rings. The van der Waals surface area contributed by atoms with E-state index in [2.05, 4.69) is 25.8 Å². The highest BCUT2D eigenvalue weighted by molar-refractivity contribution is 5.77. The van der Waals surface area contributed by atoms with Crippen molar-refractivity contribution in [3.8, 4) is 22.6 Å². The first-order valence-corrected chi connectivity index (χ1v) is 10.9. The zero-order chi connectivity index (χ0) is 21.1. The number of fused-ring (bicyclic) bond motifs is 2. The topological polar surface area (TPSA) is 97.3 Å². The maximum Gasteiger partial charge on any atom is 0.154 e. The van der Waals surface area contributed by atoms with Gasteiger partial charge in [0.05, 0.1) is 29.3 Å². The van der Waals surface area contributed by atoms with Crippen LogP contribution in [0.3, 0.4) is 0 Å². The van der Waals surface area contributed by atoms with E-state index in [0.717, 1.165) is 52.7 Å². The predicted molar refractivity (Wildman–Crippen MR) is 120 cm³/mol. The highest BCUT2D eigenvalue weighted by Crippen LogP contribution is 2.45. The Morgan fingerprint density at radius 1 is 0.969 bits per heavy atom. The van der Waals surface area contributed by atoms with Crippen molar-refractivity contribution in [3.05, 3.63) is 61.1 Å². The molecule has 5 aromatic rings. The van der Waals surface area contributed by atoms with Crippen molar-refractivity contribution in [1.29, 1.82) is 0 Å². The molecule has 9 nitrogen and oxygen atoms in total. The molecule has 0 radical (unpaired) electrons. The van der Waals surface area contributed by atoms with Gasteiger partial charge in [0.1, 0.15) is 11.5 Å². The van der Waals surface area contributed by atoms with E-state index in [4.69, 9.17) is 10.1 Å². The molecule has 0 bridgehead atoms. The minimum atomic E-state index is 0.496. The van der Waals surface area contributed by atoms with Crippen molar-refractivity contribution in [2.45, 2.75) is 18.9 Å². The van der Waals surface area contributed by atoms with Gasteiger partial charge in [-0.15, -0.1) is 0 Å². The van der Waals surface area contributed by atoms with E-state index in [-0.39, 0.29) is 0 Å². The summed E-state index contributed by atoms with van der Waals surface area (Å²) in [5.74, 6) is 0.898. The fourth-order valence-corrected chi connectivity index (χ4v) is 4.94. The summed E-state index contributed by atoms with van der Waals surface area (Å²) in [6.07, 6.45) is 7.75. The Morgan fingerprint density at radius 3 is 2.78 bits per heavy atom. The summed E-state index contributed by atoms with van der Waals surface area (Å²) in [6.45, 7) is 2.30. The number of imidazole rings is 1. The molecule has 1 aliphatic carbocycles. The lowest BCUT2D eigenvalue weighted by Gasteiger charge is -2.54. The number of hydrogen-bond donors (Lipinski definition) is 2. The average molecular weight is 423 g/mol. The van der Waals surface area contributed by atoms with Gasteiger partial charge in [0.25, 0.3) is 0 Å². The fraction of sp³-hybridized carbons (Fsp3) is 0.261. The molecule has 1 aliphatic heterocycles. The van der Waals surface area contributed by atoms with Crippen molar-refractivity contribution >= 4 is 17.0 Å². The van der Waals surface area contributed by atoms with Gasteiger partial charge in [-0.05, 0) is 54.7 Å². The first kappa shape index (κ1) is 17.8. The standard InChI is InChI=1S/C23H21N9/c1-3-18(29-21(5-1)28-15-9-23(10-15)13-24-14-23)20-12-25-22-7-6-17(30-31(20)22)16-11-27-32-19(16)4-2-8-26-32/h1-8,11-12,15,24H,9-10,13-14H2,(H,28,29). The number of aromatic nitrogens is 7. The van der Waals surface area contributed by atoms with Gasteiger partial charge in [0, 0.05) is 30.9 Å². The van der Waals surface area contributed by atoms with E-state index >= 15 is 0 Å². The molecule has 2 fully saturated rings. The van der Waals surface area contributed by atoms with Crippen LogP contribution in [0.15, 0.2) is 61.1 Å². The zero-order valence-corrected chi connectivity index (χ0v) is 17.3. The largest absolute Gasteiger partial charge is 0.367 e. The second kappa shape index (κ2) is 6.57. The Morgan fingerprint density at radius 2 is 1.91 bits per heavy atom. The summed E-state index contributed by atoms with van der Waals surface area (Å²) in [6, 6.07) is 14.4. The van der Waals surface area contributed by atoms with Crippen molar-refractivity contribution in [3.63, 3.8) is 0 Å². The molecule has 1 saturated heterocycles. The molecule has 1 spiro atoms. The van der Waals surface area contributed by atoms with E-state index in [0.29, 0.717) is 11.5 Å². The van der Waals surface area contributed by atoms with Crippen LogP contribution in [0, 0.1) is 5.41 Å². The number of nitrogens with one attached hydrogen (secondary N) is 2. The fourth-order valence-electron chi connectivity index (χ4n) is 4.94. The third-order valence-corrected chi connectivity index (χ3v) is 6.66. The van der Waals surface area contributed by atoms with Crippen LogP contribution in [0.5, 0.6) is 0 Å². The molecule has 2 N–H and O–H groups in total. The summed E-state index contributed by atoms with van der Waals surface area (Å²) in [5, 5.41) is 20.4. The Balaban J connectivity index is 1.23. The van der Waals surface area contributed by atoms with Gasteiger partial charge >= 0.3 is 0 Å². The highest BCUT2D eigenvalue weighted by atomic mass is 15.4. The summed E-state index contributed by atoms with van der Waals surface area (Å²) in [4.78, 5) is 9.40. The van der Waals surface area contributed by atoms with Crippen LogP contribution in [0.4, 0.5) is 5.82 Å². The minimum Gasteiger partial charge on any atom is -0.367 e. The molecule has 5 aromatic heterocycles. The maximum atomic E-state index is 4.87. The van der Waals surface area contributed by atoms with E-state index in [9.17, 15) is 0 Å². The second-order valence-electron chi connectivity index (χ2n) is 8.85. The van der Waals surface area contributed by atoms with Crippen molar-refractivity contribution < 1.29 is 0 Å². The first-order chi connectivity index (χ1) is 15.8. The summed E-state index contributed by atoms with van der Waals surface area (Å²) in [7, 11) is 0. The van der Waals surface area contributed by atoms with Crippen LogP contribution in [0.1, 0.15) is 12.8 Å². The van der Waals surface area contributed by atoms with E-state index in [1.54, 1.807) is 17.0 Å². The van der Waals surface area contributed by atoms with Gasteiger partial charge in [-0.3, -0.25) is 0 Å². The van der Waals surface area contributed by atoms with Gasteiger partial charge < -0.3 is 10.6 Å². The van der Waals surface area contributed by atoms with Crippen LogP contribution in [0.2, 0.25) is 0 Å². The molecule has 32 heavy (non-hydrogen) atoms. The van der Waals surface area contributed by atoms with Gasteiger partial charge in [-0.1, -0.05) is 6.07 Å². The number of rotatable bonds is 4. The Kier molecular flexibility index (Phi) is 3.65. The lowest BCUT2D eigenvalue weighted by Crippen LogP contribution is -2.63. The maximum absolute atomic E-state index is 4.87. The van der Waals surface area contributed by atoms with Gasteiger partial charge in [0.15, 0.2) is 5.65 Å². The quantitative estimate of drug-likeness (QED) is 0.459. The summed E-state index contributed by atoms with van der Waals surface area (Å²) >= 11 is 0. The number of nitrogens with zero attached hydrogens (tertiary/aromatic N) is 7. The molecule has 0 aromatic carbocycles. The smallest absolute Gasteiger partial charge is 0.154 e. The molecule has 1 saturated carbocycles. The number of anilines is 1. The van der Waals surface area contributed by atoms with E-state index < -0.39 is 0 Å². The van der Waals surface area contributed by atoms with Crippen LogP contribution < -0.4 is 10.6 Å². The molecule has 0 atom stereocenters. The van der Waals surface area contributed by atoms with Crippen molar-refractivity contribution in [1.82, 2.24) is 39.7 Å². The average Bonchev–Trinajstić information content (AvgIpc) is 3.38. The molecular formula is C23H21N9. The summed E-state index contributed by atoms with van der Waals surface area (Å²) < 4.78 is 3.46. The van der Waals surface area contributed by atoms with Crippen LogP contribution >= 0.6 is 0 Å². The SMILES string of the molecule is c1cc(NC2CC3(CNC3)C2)nc(-c2cnc3ccc(-c4cnn5ncccc45)nn23)c1. The lowest BCUT2D eigenvalue weighted by atomic mass is 9.62. The van der Waals surface area contributed by atoms with Crippen molar-refractivity contribution in [2.24, 2.45) is 5.41 Å². The lowest BCUT2D eigenvalue weighted by molar-refractivity contribution is 0.0469. The highest BCUT2D eigenvalue weighted by Gasteiger charge is 2.48. The van der Waals surface area contributed by atoms with Crippen LogP contribution in [-0.4, -0.2) is 53.5 Å². The van der Waals surface area contributed by atoms with Gasteiger partial charge in [0.2, 0.25) is 0 Å². The molecule has 158 valence electrons. The molecular weight excluding hydrogens is 402 g/mol. The molecule has 7 rings (SSSR count). The Labute approximate surface area is 183 Å². The third kappa shape index (κ3) is 2.71. The van der Waals surface area contributed by atoms with Crippen LogP contribution in [0.25, 0.3) is 33.8 Å². The van der Waals surface area contributed by atoms with E-state index in [1.165, 1.54) is 12.8 Å². The minimum absolute atomic E-state index is 0.496. The van der Waals surface area contributed by atoms with Crippen LogP contribution in [-0.2, 0) is 0 Å². The molecule has 0 amide bonds. The Hall–Kier alpha value is -3.85. The Bertz CT molecular complexity index is 1450. The third-order valence-electron chi connectivity index (χ3n) is 6.66. The number of hydrogen-bond acceptors (Lipinski definition) is 7. The van der Waals surface area contributed by atoms with Crippen molar-refractivity contribution in [2.75, 3.05) is 18.4 Å². The zero-order valence-electron chi connectivity index (χ0n) is 17.3. The van der Waals surface area contributed by atoms with E-state index in [1.807, 2.05) is 53.2 Å². The molecule has 6 heterocycles. The first-order valence-electron chi connectivity index (χ1n) is 10.9. The predicted octanol–water partition coefficient (Wildman–Crippen LogP) is 2.66. The molecule has 9 heteroatoms. The van der Waals surface area contributed by atoms with Gasteiger partial charge in [-0.25, -0.2) is 14.5 Å².